The smallest absolute Gasteiger partial charge is 0.306 e. The van der Waals surface area contributed by atoms with Crippen molar-refractivity contribution in [2.24, 2.45) is 5.92 Å². The van der Waals surface area contributed by atoms with Crippen LogP contribution in [0.4, 0.5) is 0 Å². The fourth-order valence-corrected chi connectivity index (χ4v) is 7.83. The summed E-state index contributed by atoms with van der Waals surface area (Å²) in [6, 6.07) is 0. The molecule has 0 saturated carbocycles. The SMILES string of the molecule is CCCCCCCCCCCCCCCCCCC(=O)OC[C@@H](COC(=O)CCCCCCCCCCCCCC)OC(=O)CCCCCCCCCCC(C)CC. The zero-order valence-electron chi connectivity index (χ0n) is 39.5. The molecule has 344 valence electrons. The molecule has 0 aliphatic heterocycles. The molecule has 0 radical (unpaired) electrons. The van der Waals surface area contributed by atoms with E-state index in [1.54, 1.807) is 0 Å². The van der Waals surface area contributed by atoms with Crippen molar-refractivity contribution < 1.29 is 28.6 Å². The maximum absolute atomic E-state index is 12.8. The highest BCUT2D eigenvalue weighted by molar-refractivity contribution is 5.71. The number of ether oxygens (including phenoxy) is 3. The summed E-state index contributed by atoms with van der Waals surface area (Å²) in [6.45, 7) is 9.03. The van der Waals surface area contributed by atoms with Gasteiger partial charge in [0.15, 0.2) is 6.10 Å². The zero-order chi connectivity index (χ0) is 42.4. The van der Waals surface area contributed by atoms with Crippen LogP contribution in [0.2, 0.25) is 0 Å². The van der Waals surface area contributed by atoms with E-state index in [0.717, 1.165) is 63.7 Å². The molecule has 1 unspecified atom stereocenters. The van der Waals surface area contributed by atoms with Gasteiger partial charge in [-0.15, -0.1) is 0 Å². The Hall–Kier alpha value is -1.59. The second kappa shape index (κ2) is 46.5. The van der Waals surface area contributed by atoms with Crippen molar-refractivity contribution in [2.45, 2.75) is 297 Å². The molecule has 0 spiro atoms. The normalized spacial score (nSPS) is 12.4. The van der Waals surface area contributed by atoms with Crippen LogP contribution in [-0.4, -0.2) is 37.2 Å². The van der Waals surface area contributed by atoms with E-state index in [-0.39, 0.29) is 31.1 Å². The first-order chi connectivity index (χ1) is 28.4. The van der Waals surface area contributed by atoms with Gasteiger partial charge in [-0.2, -0.15) is 0 Å². The monoisotopic (exact) mass is 821 g/mol. The third-order valence-electron chi connectivity index (χ3n) is 12.2. The summed E-state index contributed by atoms with van der Waals surface area (Å²) >= 11 is 0. The fourth-order valence-electron chi connectivity index (χ4n) is 7.83. The van der Waals surface area contributed by atoms with Gasteiger partial charge in [0.2, 0.25) is 0 Å². The molecule has 58 heavy (non-hydrogen) atoms. The molecule has 0 heterocycles. The number of rotatable bonds is 47. The lowest BCUT2D eigenvalue weighted by molar-refractivity contribution is -0.167. The highest BCUT2D eigenvalue weighted by Crippen LogP contribution is 2.17. The molecule has 0 fully saturated rings. The highest BCUT2D eigenvalue weighted by Gasteiger charge is 2.19. The summed E-state index contributed by atoms with van der Waals surface area (Å²) in [5.74, 6) is -0.00132. The van der Waals surface area contributed by atoms with Gasteiger partial charge in [-0.1, -0.05) is 252 Å². The van der Waals surface area contributed by atoms with Crippen molar-refractivity contribution in [2.75, 3.05) is 13.2 Å². The standard InChI is InChI=1S/C52H100O6/c1-5-8-10-12-14-16-18-20-21-22-23-25-27-32-36-40-44-51(54)57-47-49(58-52(55)45-41-37-33-29-28-30-34-38-42-48(4)7-3)46-56-50(53)43-39-35-31-26-24-19-17-15-13-11-9-6-2/h48-49H,5-47H2,1-4H3/t48?,49-/m1/s1. The van der Waals surface area contributed by atoms with Crippen molar-refractivity contribution in [3.05, 3.63) is 0 Å². The molecule has 0 N–H and O–H groups in total. The van der Waals surface area contributed by atoms with Crippen molar-refractivity contribution in [3.63, 3.8) is 0 Å². The lowest BCUT2D eigenvalue weighted by Crippen LogP contribution is -2.30. The summed E-state index contributed by atoms with van der Waals surface area (Å²) in [6.07, 6.45) is 47.9. The van der Waals surface area contributed by atoms with Crippen LogP contribution in [0.5, 0.6) is 0 Å². The van der Waals surface area contributed by atoms with Crippen LogP contribution in [0.15, 0.2) is 0 Å². The summed E-state index contributed by atoms with van der Waals surface area (Å²) in [7, 11) is 0. The average molecular weight is 821 g/mol. The number of hydrogen-bond donors (Lipinski definition) is 0. The topological polar surface area (TPSA) is 78.9 Å². The molecule has 2 atom stereocenters. The Balaban J connectivity index is 4.30. The van der Waals surface area contributed by atoms with Gasteiger partial charge in [-0.3, -0.25) is 14.4 Å². The van der Waals surface area contributed by atoms with Gasteiger partial charge in [0.05, 0.1) is 0 Å². The minimum absolute atomic E-state index is 0.0631. The van der Waals surface area contributed by atoms with Crippen molar-refractivity contribution in [1.29, 1.82) is 0 Å². The van der Waals surface area contributed by atoms with Crippen LogP contribution >= 0.6 is 0 Å². The van der Waals surface area contributed by atoms with Gasteiger partial charge in [-0.05, 0) is 25.2 Å². The van der Waals surface area contributed by atoms with Crippen LogP contribution < -0.4 is 0 Å². The molecule has 0 aromatic heterocycles. The molecule has 0 rings (SSSR count). The molecule has 6 heteroatoms. The summed E-state index contributed by atoms with van der Waals surface area (Å²) in [5.41, 5.74) is 0. The predicted molar refractivity (Wildman–Crippen MR) is 247 cm³/mol. The van der Waals surface area contributed by atoms with Crippen LogP contribution in [0.1, 0.15) is 291 Å². The summed E-state index contributed by atoms with van der Waals surface area (Å²) in [4.78, 5) is 37.9. The maximum Gasteiger partial charge on any atom is 0.306 e. The van der Waals surface area contributed by atoms with E-state index in [4.69, 9.17) is 14.2 Å². The Bertz CT molecular complexity index is 874. The van der Waals surface area contributed by atoms with Crippen LogP contribution in [0.3, 0.4) is 0 Å². The molecular formula is C52H100O6. The van der Waals surface area contributed by atoms with Crippen molar-refractivity contribution in [3.8, 4) is 0 Å². The van der Waals surface area contributed by atoms with Crippen molar-refractivity contribution >= 4 is 17.9 Å². The quantitative estimate of drug-likeness (QED) is 0.0346. The first kappa shape index (κ1) is 56.4. The van der Waals surface area contributed by atoms with Crippen LogP contribution in [0, 0.1) is 5.92 Å². The van der Waals surface area contributed by atoms with Crippen LogP contribution in [-0.2, 0) is 28.6 Å². The number of unbranched alkanes of at least 4 members (excludes halogenated alkanes) is 33. The van der Waals surface area contributed by atoms with E-state index >= 15 is 0 Å². The van der Waals surface area contributed by atoms with Crippen molar-refractivity contribution in [1.82, 2.24) is 0 Å². The molecule has 0 saturated heterocycles. The third-order valence-corrected chi connectivity index (χ3v) is 12.2. The van der Waals surface area contributed by atoms with E-state index in [1.807, 2.05) is 0 Å². The van der Waals surface area contributed by atoms with E-state index in [0.29, 0.717) is 19.3 Å². The van der Waals surface area contributed by atoms with Gasteiger partial charge in [0.25, 0.3) is 0 Å². The average Bonchev–Trinajstić information content (AvgIpc) is 3.22. The minimum Gasteiger partial charge on any atom is -0.462 e. The Kier molecular flexibility index (Phi) is 45.2. The molecule has 6 nitrogen and oxygen atoms in total. The Labute approximate surface area is 361 Å². The molecule has 0 aromatic carbocycles. The molecule has 0 aliphatic rings. The Morgan fingerprint density at radius 1 is 0.345 bits per heavy atom. The molecular weight excluding hydrogens is 721 g/mol. The van der Waals surface area contributed by atoms with Crippen LogP contribution in [0.25, 0.3) is 0 Å². The number of carbonyl (C=O) groups excluding carboxylic acids is 3. The number of hydrogen-bond acceptors (Lipinski definition) is 6. The van der Waals surface area contributed by atoms with Gasteiger partial charge < -0.3 is 14.2 Å². The van der Waals surface area contributed by atoms with E-state index < -0.39 is 6.10 Å². The Morgan fingerprint density at radius 3 is 0.897 bits per heavy atom. The van der Waals surface area contributed by atoms with E-state index in [1.165, 1.54) is 186 Å². The second-order valence-electron chi connectivity index (χ2n) is 18.1. The molecule has 0 amide bonds. The minimum atomic E-state index is -0.761. The largest absolute Gasteiger partial charge is 0.462 e. The predicted octanol–water partition coefficient (Wildman–Crippen LogP) is 16.7. The number of esters is 3. The second-order valence-corrected chi connectivity index (χ2v) is 18.1. The maximum atomic E-state index is 12.8. The van der Waals surface area contributed by atoms with E-state index in [9.17, 15) is 14.4 Å². The highest BCUT2D eigenvalue weighted by atomic mass is 16.6. The molecule has 0 aliphatic carbocycles. The number of carbonyl (C=O) groups is 3. The summed E-state index contributed by atoms with van der Waals surface area (Å²) in [5, 5.41) is 0. The third kappa shape index (κ3) is 44.0. The van der Waals surface area contributed by atoms with Gasteiger partial charge >= 0.3 is 17.9 Å². The van der Waals surface area contributed by atoms with Gasteiger partial charge in [0.1, 0.15) is 13.2 Å². The van der Waals surface area contributed by atoms with E-state index in [2.05, 4.69) is 27.7 Å². The lowest BCUT2D eigenvalue weighted by atomic mass is 9.99. The lowest BCUT2D eigenvalue weighted by Gasteiger charge is -2.18. The van der Waals surface area contributed by atoms with Gasteiger partial charge in [-0.25, -0.2) is 0 Å². The first-order valence-corrected chi connectivity index (χ1v) is 25.9. The first-order valence-electron chi connectivity index (χ1n) is 25.9. The Morgan fingerprint density at radius 2 is 0.603 bits per heavy atom. The fraction of sp³-hybridized carbons (Fsp3) is 0.942. The zero-order valence-corrected chi connectivity index (χ0v) is 39.5. The molecule has 0 aromatic rings. The molecule has 0 bridgehead atoms. The summed E-state index contributed by atoms with van der Waals surface area (Å²) < 4.78 is 16.8. The van der Waals surface area contributed by atoms with Gasteiger partial charge in [0, 0.05) is 19.3 Å².